The molecular formula is C51H40N4. The summed E-state index contributed by atoms with van der Waals surface area (Å²) in [6, 6.07) is 53.8. The van der Waals surface area contributed by atoms with E-state index in [1.165, 1.54) is 77.9 Å². The fourth-order valence-corrected chi connectivity index (χ4v) is 9.52. The lowest BCUT2D eigenvalue weighted by Crippen LogP contribution is -2.19. The molecule has 6 aromatic carbocycles. The first-order valence-corrected chi connectivity index (χ1v) is 19.5. The second-order valence-electron chi connectivity index (χ2n) is 15.8. The molecule has 8 aromatic rings. The van der Waals surface area contributed by atoms with Crippen LogP contribution in [-0.2, 0) is 11.8 Å². The summed E-state index contributed by atoms with van der Waals surface area (Å²) < 4.78 is 4.73. The average Bonchev–Trinajstić information content (AvgIpc) is 3.92. The van der Waals surface area contributed by atoms with Gasteiger partial charge >= 0.3 is 0 Å². The van der Waals surface area contributed by atoms with Crippen LogP contribution in [0.2, 0.25) is 0 Å². The number of hydrogen-bond donors (Lipinski definition) is 0. The predicted molar refractivity (Wildman–Crippen MR) is 227 cm³/mol. The van der Waals surface area contributed by atoms with Crippen molar-refractivity contribution in [2.45, 2.75) is 44.6 Å². The number of rotatable bonds is 5. The summed E-state index contributed by atoms with van der Waals surface area (Å²) in [5, 5.41) is 1.32. The predicted octanol–water partition coefficient (Wildman–Crippen LogP) is 12.4. The molecular weight excluding hydrogens is 669 g/mol. The molecule has 1 unspecified atom stereocenters. The van der Waals surface area contributed by atoms with E-state index in [2.05, 4.69) is 186 Å². The monoisotopic (exact) mass is 708 g/mol. The van der Waals surface area contributed by atoms with Gasteiger partial charge in [0, 0.05) is 46.6 Å². The summed E-state index contributed by atoms with van der Waals surface area (Å²) in [6.07, 6.45) is 9.22. The third-order valence-corrected chi connectivity index (χ3v) is 12.4. The van der Waals surface area contributed by atoms with Gasteiger partial charge in [0.1, 0.15) is 0 Å². The number of aromatic nitrogens is 3. The van der Waals surface area contributed by atoms with E-state index in [1.807, 2.05) is 6.20 Å². The number of nitrogens with zero attached hydrogens (tertiary/aromatic N) is 4. The van der Waals surface area contributed by atoms with Gasteiger partial charge in [-0.25, -0.2) is 9.98 Å². The van der Waals surface area contributed by atoms with Crippen molar-refractivity contribution >= 4 is 34.2 Å². The Morgan fingerprint density at radius 1 is 0.636 bits per heavy atom. The molecule has 0 radical (unpaired) electrons. The Kier molecular flexibility index (Phi) is 7.12. The molecule has 11 rings (SSSR count). The van der Waals surface area contributed by atoms with E-state index in [0.29, 0.717) is 0 Å². The van der Waals surface area contributed by atoms with E-state index in [0.717, 1.165) is 36.5 Å². The maximum absolute atomic E-state index is 4.91. The standard InChI is InChI=1S/C51H40N4/c1-51(2)44-30-38(34-17-19-36(20-18-34)49-32-46(35-13-7-4-8-14-35)53-50-52-27-28-54(49)50)21-24-40(44)41-25-23-39(31-45(41)51)55-47-16-10-9-15-42(47)43-29-37(22-26-48(43)55)33-11-5-3-6-12-33/h3-21,23-25,27-31,49H,22,26,32H2,1-2H3. The molecule has 0 N–H and O–H groups in total. The number of benzene rings is 6. The second-order valence-corrected chi connectivity index (χ2v) is 15.8. The number of hydrogen-bond acceptors (Lipinski definition) is 2. The summed E-state index contributed by atoms with van der Waals surface area (Å²) in [4.78, 5) is 9.48. The topological polar surface area (TPSA) is 35.1 Å². The summed E-state index contributed by atoms with van der Waals surface area (Å²) in [5.41, 5.74) is 19.3. The lowest BCUT2D eigenvalue weighted by atomic mass is 9.81. The highest BCUT2D eigenvalue weighted by molar-refractivity contribution is 6.03. The van der Waals surface area contributed by atoms with E-state index < -0.39 is 0 Å². The quantitative estimate of drug-likeness (QED) is 0.175. The molecule has 4 nitrogen and oxygen atoms in total. The number of imidazole rings is 1. The van der Waals surface area contributed by atoms with Crippen LogP contribution in [0.25, 0.3) is 50.5 Å². The van der Waals surface area contributed by atoms with Gasteiger partial charge in [-0.1, -0.05) is 135 Å². The first kappa shape index (κ1) is 32.0. The molecule has 0 spiro atoms. The minimum atomic E-state index is -0.146. The molecule has 3 heterocycles. The molecule has 0 fully saturated rings. The second kappa shape index (κ2) is 12.3. The summed E-state index contributed by atoms with van der Waals surface area (Å²) in [7, 11) is 0. The molecule has 0 saturated heterocycles. The Balaban J connectivity index is 0.923. The van der Waals surface area contributed by atoms with Crippen LogP contribution in [0.4, 0.5) is 5.95 Å². The highest BCUT2D eigenvalue weighted by atomic mass is 15.2. The van der Waals surface area contributed by atoms with E-state index in [9.17, 15) is 0 Å². The van der Waals surface area contributed by atoms with Crippen LogP contribution in [0.5, 0.6) is 0 Å². The molecule has 1 aliphatic heterocycles. The Morgan fingerprint density at radius 2 is 1.33 bits per heavy atom. The largest absolute Gasteiger partial charge is 0.313 e. The zero-order valence-corrected chi connectivity index (χ0v) is 31.1. The van der Waals surface area contributed by atoms with Gasteiger partial charge in [0.05, 0.1) is 17.3 Å². The third kappa shape index (κ3) is 5.05. The smallest absolute Gasteiger partial charge is 0.230 e. The third-order valence-electron chi connectivity index (χ3n) is 12.4. The Labute approximate surface area is 321 Å². The van der Waals surface area contributed by atoms with Gasteiger partial charge in [-0.15, -0.1) is 0 Å². The van der Waals surface area contributed by atoms with E-state index >= 15 is 0 Å². The van der Waals surface area contributed by atoms with E-state index in [4.69, 9.17) is 4.99 Å². The Bertz CT molecular complexity index is 2850. The van der Waals surface area contributed by atoms with Crippen LogP contribution in [0.15, 0.2) is 163 Å². The lowest BCUT2D eigenvalue weighted by Gasteiger charge is -2.25. The first-order valence-electron chi connectivity index (χ1n) is 19.5. The zero-order valence-electron chi connectivity index (χ0n) is 31.1. The van der Waals surface area contributed by atoms with Crippen LogP contribution in [0.1, 0.15) is 71.8 Å². The van der Waals surface area contributed by atoms with Crippen molar-refractivity contribution in [3.8, 4) is 27.9 Å². The van der Waals surface area contributed by atoms with E-state index in [1.54, 1.807) is 0 Å². The highest BCUT2D eigenvalue weighted by Crippen LogP contribution is 2.51. The number of aliphatic imine (C=N–C) groups is 1. The van der Waals surface area contributed by atoms with E-state index in [-0.39, 0.29) is 11.5 Å². The normalized spacial score (nSPS) is 16.5. The van der Waals surface area contributed by atoms with Gasteiger partial charge in [-0.2, -0.15) is 0 Å². The maximum Gasteiger partial charge on any atom is 0.230 e. The van der Waals surface area contributed by atoms with Crippen LogP contribution < -0.4 is 0 Å². The van der Waals surface area contributed by atoms with Crippen LogP contribution in [0, 0.1) is 0 Å². The van der Waals surface area contributed by atoms with Crippen molar-refractivity contribution in [2.24, 2.45) is 4.99 Å². The molecule has 3 aliphatic rings. The molecule has 264 valence electrons. The highest BCUT2D eigenvalue weighted by Gasteiger charge is 2.36. The Morgan fingerprint density at radius 3 is 2.13 bits per heavy atom. The Hall–Kier alpha value is -6.52. The number of fused-ring (bicyclic) bond motifs is 7. The van der Waals surface area contributed by atoms with Crippen LogP contribution in [0.3, 0.4) is 0 Å². The van der Waals surface area contributed by atoms with Gasteiger partial charge < -0.3 is 9.13 Å². The minimum Gasteiger partial charge on any atom is -0.313 e. The van der Waals surface area contributed by atoms with Crippen molar-refractivity contribution in [2.75, 3.05) is 0 Å². The number of para-hydroxylation sites is 1. The van der Waals surface area contributed by atoms with Crippen molar-refractivity contribution < 1.29 is 0 Å². The SMILES string of the molecule is CC1(C)c2cc(-c3ccc(C4CC(c5ccccc5)=Nc5nccn54)cc3)ccc2-c2ccc(-n3c4c(c5ccccc53)C=C(c3ccccc3)CC4)cc21. The van der Waals surface area contributed by atoms with Gasteiger partial charge in [0.25, 0.3) is 0 Å². The van der Waals surface area contributed by atoms with Crippen LogP contribution >= 0.6 is 0 Å². The van der Waals surface area contributed by atoms with Crippen molar-refractivity contribution in [1.29, 1.82) is 0 Å². The summed E-state index contributed by atoms with van der Waals surface area (Å²) >= 11 is 0. The van der Waals surface area contributed by atoms with Crippen molar-refractivity contribution in [3.05, 3.63) is 197 Å². The molecule has 0 bridgehead atoms. The lowest BCUT2D eigenvalue weighted by molar-refractivity contribution is 0.595. The van der Waals surface area contributed by atoms with Gasteiger partial charge in [0.15, 0.2) is 0 Å². The maximum atomic E-state index is 4.91. The molecule has 55 heavy (non-hydrogen) atoms. The molecule has 1 atom stereocenters. The number of allylic oxidation sites excluding steroid dienone is 1. The zero-order chi connectivity index (χ0) is 36.7. The molecule has 4 heteroatoms. The van der Waals surface area contributed by atoms with Gasteiger partial charge in [0.2, 0.25) is 5.95 Å². The van der Waals surface area contributed by atoms with Gasteiger partial charge in [-0.3, -0.25) is 0 Å². The molecule has 2 aliphatic carbocycles. The summed E-state index contributed by atoms with van der Waals surface area (Å²) in [6.45, 7) is 4.79. The average molecular weight is 709 g/mol. The first-order chi connectivity index (χ1) is 27.0. The summed E-state index contributed by atoms with van der Waals surface area (Å²) in [5.74, 6) is 0.765. The van der Waals surface area contributed by atoms with Crippen molar-refractivity contribution in [1.82, 2.24) is 14.1 Å². The molecule has 0 saturated carbocycles. The fourth-order valence-electron chi connectivity index (χ4n) is 9.52. The van der Waals surface area contributed by atoms with Gasteiger partial charge in [-0.05, 0) is 98.8 Å². The fraction of sp³-hybridized carbons (Fsp3) is 0.137. The van der Waals surface area contributed by atoms with Crippen LogP contribution in [-0.4, -0.2) is 19.8 Å². The van der Waals surface area contributed by atoms with Crippen molar-refractivity contribution in [3.63, 3.8) is 0 Å². The molecule has 0 amide bonds. The minimum absolute atomic E-state index is 0.145. The molecule has 2 aromatic heterocycles.